The van der Waals surface area contributed by atoms with E-state index in [0.717, 1.165) is 6.47 Å². The maximum absolute atomic E-state index is 11.1. The highest BCUT2D eigenvalue weighted by Gasteiger charge is 2.10. The molecule has 1 rings (SSSR count). The van der Waals surface area contributed by atoms with Crippen LogP contribution >= 0.6 is 0 Å². The summed E-state index contributed by atoms with van der Waals surface area (Å²) in [5, 5.41) is 0. The molecule has 1 heterocycles. The lowest BCUT2D eigenvalue weighted by Gasteiger charge is -2.01. The number of imidazole rings is 1. The number of hydrogen-bond acceptors (Lipinski definition) is 5. The van der Waals surface area contributed by atoms with Gasteiger partial charge in [-0.2, -0.15) is 0 Å². The number of nitrogens with zero attached hydrogens (tertiary/aromatic N) is 2. The van der Waals surface area contributed by atoms with Crippen LogP contribution in [0.25, 0.3) is 0 Å². The molecule has 0 unspecified atom stereocenters. The topological polar surface area (TPSA) is 70.4 Å². The first kappa shape index (κ1) is 9.24. The first-order valence-corrected chi connectivity index (χ1v) is 3.38. The Morgan fingerprint density at radius 2 is 2.54 bits per heavy atom. The predicted molar refractivity (Wildman–Crippen MR) is 40.3 cm³/mol. The zero-order valence-corrected chi connectivity index (χ0v) is 6.89. The van der Waals surface area contributed by atoms with Crippen molar-refractivity contribution in [3.8, 4) is 0 Å². The Hall–Kier alpha value is -1.85. The second-order valence-corrected chi connectivity index (χ2v) is 2.17. The summed E-state index contributed by atoms with van der Waals surface area (Å²) < 4.78 is 10.1. The van der Waals surface area contributed by atoms with Gasteiger partial charge in [-0.15, -0.1) is 0 Å². The standard InChI is InChI=1S/C7H7N2O4/c1-9-3-8-2-6(9)7(11)13-5-12-4-10/h2-3H,5H2,1H3. The highest BCUT2D eigenvalue weighted by molar-refractivity contribution is 5.87. The van der Waals surface area contributed by atoms with E-state index in [0.29, 0.717) is 0 Å². The van der Waals surface area contributed by atoms with Gasteiger partial charge in [0.2, 0.25) is 6.79 Å². The van der Waals surface area contributed by atoms with Gasteiger partial charge in [-0.25, -0.2) is 14.6 Å². The monoisotopic (exact) mass is 183 g/mol. The number of carbonyl (C=O) groups excluding carboxylic acids is 2. The molecule has 6 nitrogen and oxygen atoms in total. The molecule has 0 saturated carbocycles. The van der Waals surface area contributed by atoms with E-state index in [1.54, 1.807) is 7.05 Å². The van der Waals surface area contributed by atoms with Gasteiger partial charge >= 0.3 is 12.4 Å². The fourth-order valence-electron chi connectivity index (χ4n) is 0.735. The molecule has 1 aromatic rings. The van der Waals surface area contributed by atoms with Crippen LogP contribution in [0.15, 0.2) is 12.5 Å². The molecule has 0 aliphatic rings. The molecule has 0 bridgehead atoms. The molecule has 0 amide bonds. The number of hydrogen-bond donors (Lipinski definition) is 0. The number of aryl methyl sites for hydroxylation is 1. The lowest BCUT2D eigenvalue weighted by atomic mass is 10.5. The van der Waals surface area contributed by atoms with Crippen LogP contribution in [0.2, 0.25) is 0 Å². The fraction of sp³-hybridized carbons (Fsp3) is 0.286. The minimum atomic E-state index is -0.602. The van der Waals surface area contributed by atoms with Crippen molar-refractivity contribution < 1.29 is 19.1 Å². The van der Waals surface area contributed by atoms with Gasteiger partial charge in [-0.1, -0.05) is 0 Å². The summed E-state index contributed by atoms with van der Waals surface area (Å²) in [7, 11) is 1.65. The molecule has 6 heteroatoms. The zero-order chi connectivity index (χ0) is 9.68. The van der Waals surface area contributed by atoms with Crippen molar-refractivity contribution >= 4 is 12.4 Å². The fourth-order valence-corrected chi connectivity index (χ4v) is 0.735. The van der Waals surface area contributed by atoms with E-state index in [2.05, 4.69) is 14.5 Å². The van der Waals surface area contributed by atoms with Gasteiger partial charge in [0.15, 0.2) is 0 Å². The number of esters is 1. The zero-order valence-electron chi connectivity index (χ0n) is 6.89. The van der Waals surface area contributed by atoms with E-state index in [1.807, 2.05) is 0 Å². The molecule has 13 heavy (non-hydrogen) atoms. The quantitative estimate of drug-likeness (QED) is 0.361. The lowest BCUT2D eigenvalue weighted by molar-refractivity contribution is 0.00973. The molecule has 0 aliphatic carbocycles. The van der Waals surface area contributed by atoms with Crippen molar-refractivity contribution in [3.05, 3.63) is 18.2 Å². The predicted octanol–water partition coefficient (Wildman–Crippen LogP) is -0.382. The molecule has 0 N–H and O–H groups in total. The summed E-state index contributed by atoms with van der Waals surface area (Å²) in [4.78, 5) is 24.4. The Morgan fingerprint density at radius 3 is 3.08 bits per heavy atom. The molecule has 0 saturated heterocycles. The van der Waals surface area contributed by atoms with E-state index >= 15 is 0 Å². The van der Waals surface area contributed by atoms with Crippen LogP contribution in [0.1, 0.15) is 10.5 Å². The normalized spacial score (nSPS) is 9.31. The first-order chi connectivity index (χ1) is 6.25. The van der Waals surface area contributed by atoms with E-state index in [1.165, 1.54) is 17.1 Å². The van der Waals surface area contributed by atoms with Gasteiger partial charge in [0.05, 0.1) is 12.5 Å². The summed E-state index contributed by atoms with van der Waals surface area (Å²) in [6, 6.07) is 0. The van der Waals surface area contributed by atoms with Crippen molar-refractivity contribution in [2.45, 2.75) is 0 Å². The Morgan fingerprint density at radius 1 is 1.77 bits per heavy atom. The molecule has 0 fully saturated rings. The van der Waals surface area contributed by atoms with Crippen molar-refractivity contribution in [2.24, 2.45) is 7.05 Å². The van der Waals surface area contributed by atoms with Crippen molar-refractivity contribution in [1.82, 2.24) is 9.55 Å². The van der Waals surface area contributed by atoms with Crippen LogP contribution in [-0.2, 0) is 21.3 Å². The van der Waals surface area contributed by atoms with Crippen LogP contribution in [-0.4, -0.2) is 28.8 Å². The largest absolute Gasteiger partial charge is 0.423 e. The smallest absolute Gasteiger partial charge is 0.420 e. The Balaban J connectivity index is 2.49. The maximum Gasteiger partial charge on any atom is 0.420 e. The molecule has 0 spiro atoms. The molecule has 0 atom stereocenters. The summed E-state index contributed by atoms with van der Waals surface area (Å²) in [6.07, 6.45) is 2.82. The van der Waals surface area contributed by atoms with E-state index in [4.69, 9.17) is 0 Å². The second-order valence-electron chi connectivity index (χ2n) is 2.17. The van der Waals surface area contributed by atoms with Crippen LogP contribution in [0, 0.1) is 0 Å². The van der Waals surface area contributed by atoms with Gasteiger partial charge in [0.25, 0.3) is 0 Å². The van der Waals surface area contributed by atoms with Gasteiger partial charge in [0, 0.05) is 7.05 Å². The Labute approximate surface area is 74.1 Å². The first-order valence-electron chi connectivity index (χ1n) is 3.38. The summed E-state index contributed by atoms with van der Waals surface area (Å²) >= 11 is 0. The summed E-state index contributed by atoms with van der Waals surface area (Å²) in [6.45, 7) is 0.696. The maximum atomic E-state index is 11.1. The van der Waals surface area contributed by atoms with Gasteiger partial charge < -0.3 is 14.0 Å². The molecule has 1 radical (unpaired) electrons. The van der Waals surface area contributed by atoms with Gasteiger partial charge in [-0.05, 0) is 0 Å². The Bertz CT molecular complexity index is 307. The second kappa shape index (κ2) is 4.24. The molecule has 1 aromatic heterocycles. The van der Waals surface area contributed by atoms with E-state index < -0.39 is 12.8 Å². The highest BCUT2D eigenvalue weighted by atomic mass is 16.7. The lowest BCUT2D eigenvalue weighted by Crippen LogP contribution is -2.11. The average Bonchev–Trinajstić information content (AvgIpc) is 2.52. The van der Waals surface area contributed by atoms with Crippen LogP contribution in [0.4, 0.5) is 0 Å². The van der Waals surface area contributed by atoms with Gasteiger partial charge in [0.1, 0.15) is 5.69 Å². The highest BCUT2D eigenvalue weighted by Crippen LogP contribution is 1.98. The van der Waals surface area contributed by atoms with Crippen LogP contribution in [0.3, 0.4) is 0 Å². The number of rotatable bonds is 4. The van der Waals surface area contributed by atoms with Crippen molar-refractivity contribution in [1.29, 1.82) is 0 Å². The van der Waals surface area contributed by atoms with E-state index in [-0.39, 0.29) is 5.69 Å². The summed E-state index contributed by atoms with van der Waals surface area (Å²) in [5.74, 6) is -0.602. The van der Waals surface area contributed by atoms with Crippen molar-refractivity contribution in [2.75, 3.05) is 6.79 Å². The average molecular weight is 183 g/mol. The van der Waals surface area contributed by atoms with E-state index in [9.17, 15) is 9.59 Å². The molecular weight excluding hydrogens is 176 g/mol. The molecule has 0 aromatic carbocycles. The molecule has 0 aliphatic heterocycles. The van der Waals surface area contributed by atoms with Crippen LogP contribution < -0.4 is 0 Å². The minimum Gasteiger partial charge on any atom is -0.423 e. The number of carbonyl (C=O) groups is 1. The minimum absolute atomic E-state index is 0.287. The SMILES string of the molecule is Cn1cncc1C(=O)OCO[C]=O. The Kier molecular flexibility index (Phi) is 3.02. The number of ether oxygens (including phenoxy) is 2. The van der Waals surface area contributed by atoms with Gasteiger partial charge in [-0.3, -0.25) is 0 Å². The number of aromatic nitrogens is 2. The summed E-state index contributed by atoms with van der Waals surface area (Å²) in [5.41, 5.74) is 0.287. The third kappa shape index (κ3) is 2.29. The van der Waals surface area contributed by atoms with Crippen molar-refractivity contribution in [3.63, 3.8) is 0 Å². The third-order valence-corrected chi connectivity index (χ3v) is 1.33. The molecular formula is C7H7N2O4. The molecule has 69 valence electrons. The third-order valence-electron chi connectivity index (χ3n) is 1.33. The van der Waals surface area contributed by atoms with Crippen LogP contribution in [0.5, 0.6) is 0 Å².